The van der Waals surface area contributed by atoms with Crippen molar-refractivity contribution in [2.75, 3.05) is 37.8 Å². The quantitative estimate of drug-likeness (QED) is 0.444. The van der Waals surface area contributed by atoms with Gasteiger partial charge in [-0.1, -0.05) is 23.4 Å². The number of ether oxygens (including phenoxy) is 1. The van der Waals surface area contributed by atoms with Crippen LogP contribution in [0.25, 0.3) is 0 Å². The third-order valence-electron chi connectivity index (χ3n) is 4.03. The predicted molar refractivity (Wildman–Crippen MR) is 103 cm³/mol. The molecule has 1 aliphatic heterocycles. The summed E-state index contributed by atoms with van der Waals surface area (Å²) in [5.41, 5.74) is -0.449. The Morgan fingerprint density at radius 3 is 2.60 bits per heavy atom. The van der Waals surface area contributed by atoms with Gasteiger partial charge in [0.25, 0.3) is 0 Å². The summed E-state index contributed by atoms with van der Waals surface area (Å²) >= 11 is 7.55. The number of hydrogen-bond acceptors (Lipinski definition) is 6. The molecule has 1 fully saturated rings. The number of rotatable bonds is 4. The van der Waals surface area contributed by atoms with Crippen LogP contribution in [0.1, 0.15) is 33.6 Å². The maximum Gasteiger partial charge on any atom is 0.410 e. The van der Waals surface area contributed by atoms with E-state index in [9.17, 15) is 4.79 Å². The van der Waals surface area contributed by atoms with Gasteiger partial charge in [-0.15, -0.1) is 0 Å². The van der Waals surface area contributed by atoms with E-state index in [1.54, 1.807) is 11.0 Å². The fraction of sp³-hybridized carbons (Fsp3) is 0.706. The third kappa shape index (κ3) is 6.22. The molecule has 1 amide bonds. The van der Waals surface area contributed by atoms with E-state index in [-0.39, 0.29) is 6.09 Å². The Balaban J connectivity index is 1.87. The van der Waals surface area contributed by atoms with Crippen LogP contribution in [0.15, 0.2) is 11.2 Å². The number of carbonyl (C=O) groups is 1. The molecule has 140 valence electrons. The Morgan fingerprint density at radius 2 is 2.04 bits per heavy atom. The van der Waals surface area contributed by atoms with Crippen molar-refractivity contribution in [3.63, 3.8) is 0 Å². The average Bonchev–Trinajstić information content (AvgIpc) is 2.53. The highest BCUT2D eigenvalue weighted by Gasteiger charge is 2.27. The number of aromatic nitrogens is 2. The first-order valence-corrected chi connectivity index (χ1v) is 10.1. The SMILES string of the molecule is CSc1nc(Cl)cc(N(C)CC2CCN(C(=O)OC(C)(C)C)CC2)n1. The lowest BCUT2D eigenvalue weighted by molar-refractivity contribution is 0.0186. The van der Waals surface area contributed by atoms with E-state index in [2.05, 4.69) is 14.9 Å². The van der Waals surface area contributed by atoms with E-state index in [4.69, 9.17) is 16.3 Å². The van der Waals surface area contributed by atoms with Gasteiger partial charge in [0.2, 0.25) is 0 Å². The second kappa shape index (κ2) is 8.45. The van der Waals surface area contributed by atoms with Gasteiger partial charge in [0.05, 0.1) is 0 Å². The Hall–Kier alpha value is -1.21. The number of carbonyl (C=O) groups excluding carboxylic acids is 1. The van der Waals surface area contributed by atoms with Crippen LogP contribution in [-0.4, -0.2) is 59.5 Å². The van der Waals surface area contributed by atoms with E-state index in [0.29, 0.717) is 16.2 Å². The Bertz CT molecular complexity index is 601. The minimum atomic E-state index is -0.449. The van der Waals surface area contributed by atoms with Gasteiger partial charge in [-0.3, -0.25) is 0 Å². The Labute approximate surface area is 159 Å². The highest BCUT2D eigenvalue weighted by atomic mass is 35.5. The maximum atomic E-state index is 12.1. The van der Waals surface area contributed by atoms with Gasteiger partial charge in [-0.2, -0.15) is 0 Å². The number of anilines is 1. The molecular formula is C17H27ClN4O2S. The molecule has 0 aromatic carbocycles. The number of amides is 1. The normalized spacial score (nSPS) is 16.0. The van der Waals surface area contributed by atoms with Crippen molar-refractivity contribution in [3.8, 4) is 0 Å². The first kappa shape index (κ1) is 20.1. The molecule has 0 bridgehead atoms. The number of piperidine rings is 1. The predicted octanol–water partition coefficient (Wildman–Crippen LogP) is 3.94. The standard InChI is InChI=1S/C17H27ClN4O2S/c1-17(2,3)24-16(23)22-8-6-12(7-9-22)11-21(4)14-10-13(18)19-15(20-14)25-5/h10,12H,6-9,11H2,1-5H3. The average molecular weight is 387 g/mol. The molecule has 1 saturated heterocycles. The van der Waals surface area contributed by atoms with Crippen molar-refractivity contribution in [2.24, 2.45) is 5.92 Å². The fourth-order valence-electron chi connectivity index (χ4n) is 2.78. The molecule has 0 unspecified atom stereocenters. The van der Waals surface area contributed by atoms with Crippen LogP contribution in [0, 0.1) is 5.92 Å². The van der Waals surface area contributed by atoms with Gasteiger partial charge in [0.1, 0.15) is 16.6 Å². The summed E-state index contributed by atoms with van der Waals surface area (Å²) in [6.07, 6.45) is 3.63. The van der Waals surface area contributed by atoms with E-state index >= 15 is 0 Å². The molecular weight excluding hydrogens is 360 g/mol. The van der Waals surface area contributed by atoms with Crippen molar-refractivity contribution in [3.05, 3.63) is 11.2 Å². The molecule has 2 heterocycles. The maximum absolute atomic E-state index is 12.1. The third-order valence-corrected chi connectivity index (χ3v) is 4.77. The number of thioether (sulfide) groups is 1. The summed E-state index contributed by atoms with van der Waals surface area (Å²) in [5.74, 6) is 1.34. The lowest BCUT2D eigenvalue weighted by atomic mass is 9.96. The van der Waals surface area contributed by atoms with Gasteiger partial charge >= 0.3 is 6.09 Å². The minimum absolute atomic E-state index is 0.216. The Morgan fingerprint density at radius 1 is 1.40 bits per heavy atom. The molecule has 0 aliphatic carbocycles. The smallest absolute Gasteiger partial charge is 0.410 e. The molecule has 25 heavy (non-hydrogen) atoms. The van der Waals surface area contributed by atoms with Crippen LogP contribution in [0.3, 0.4) is 0 Å². The molecule has 6 nitrogen and oxygen atoms in total. The number of hydrogen-bond donors (Lipinski definition) is 0. The minimum Gasteiger partial charge on any atom is -0.444 e. The van der Waals surface area contributed by atoms with Crippen molar-refractivity contribution in [1.29, 1.82) is 0 Å². The molecule has 0 saturated carbocycles. The first-order valence-electron chi connectivity index (χ1n) is 8.45. The number of likely N-dealkylation sites (tertiary alicyclic amines) is 1. The summed E-state index contributed by atoms with van der Waals surface area (Å²) in [7, 11) is 2.02. The topological polar surface area (TPSA) is 58.6 Å². The molecule has 0 N–H and O–H groups in total. The van der Waals surface area contributed by atoms with Gasteiger partial charge in [0.15, 0.2) is 5.16 Å². The van der Waals surface area contributed by atoms with E-state index < -0.39 is 5.60 Å². The highest BCUT2D eigenvalue weighted by Crippen LogP contribution is 2.24. The van der Waals surface area contributed by atoms with Crippen LogP contribution in [0.2, 0.25) is 5.15 Å². The molecule has 1 aromatic heterocycles. The molecule has 1 aliphatic rings. The summed E-state index contributed by atoms with van der Waals surface area (Å²) in [5, 5.41) is 1.13. The summed E-state index contributed by atoms with van der Waals surface area (Å²) in [4.78, 5) is 24.7. The lowest BCUT2D eigenvalue weighted by Crippen LogP contribution is -2.43. The molecule has 0 spiro atoms. The monoisotopic (exact) mass is 386 g/mol. The van der Waals surface area contributed by atoms with Crippen molar-refractivity contribution in [2.45, 2.75) is 44.4 Å². The van der Waals surface area contributed by atoms with Crippen molar-refractivity contribution in [1.82, 2.24) is 14.9 Å². The van der Waals surface area contributed by atoms with Gasteiger partial charge < -0.3 is 14.5 Å². The van der Waals surface area contributed by atoms with Gasteiger partial charge in [0, 0.05) is 32.7 Å². The zero-order valence-corrected chi connectivity index (χ0v) is 17.2. The zero-order chi connectivity index (χ0) is 18.6. The van der Waals surface area contributed by atoms with Crippen LogP contribution in [-0.2, 0) is 4.74 Å². The Kier molecular flexibility index (Phi) is 6.79. The van der Waals surface area contributed by atoms with Crippen LogP contribution >= 0.6 is 23.4 Å². The second-order valence-corrected chi connectivity index (χ2v) is 8.49. The van der Waals surface area contributed by atoms with Gasteiger partial charge in [-0.25, -0.2) is 14.8 Å². The van der Waals surface area contributed by atoms with Crippen molar-refractivity contribution < 1.29 is 9.53 Å². The van der Waals surface area contributed by atoms with Crippen LogP contribution in [0.5, 0.6) is 0 Å². The summed E-state index contributed by atoms with van der Waals surface area (Å²) in [6.45, 7) is 8.01. The largest absolute Gasteiger partial charge is 0.444 e. The van der Waals surface area contributed by atoms with Gasteiger partial charge in [-0.05, 0) is 45.8 Å². The summed E-state index contributed by atoms with van der Waals surface area (Å²) in [6, 6.07) is 1.79. The van der Waals surface area contributed by atoms with E-state index in [1.807, 2.05) is 34.1 Å². The van der Waals surface area contributed by atoms with E-state index in [0.717, 1.165) is 38.3 Å². The number of nitrogens with zero attached hydrogens (tertiary/aromatic N) is 4. The molecule has 2 rings (SSSR count). The highest BCUT2D eigenvalue weighted by molar-refractivity contribution is 7.98. The van der Waals surface area contributed by atoms with Crippen LogP contribution < -0.4 is 4.90 Å². The molecule has 0 radical (unpaired) electrons. The molecule has 0 atom stereocenters. The second-order valence-electron chi connectivity index (χ2n) is 7.33. The molecule has 8 heteroatoms. The summed E-state index contributed by atoms with van der Waals surface area (Å²) < 4.78 is 5.44. The first-order chi connectivity index (χ1) is 11.7. The fourth-order valence-corrected chi connectivity index (χ4v) is 3.38. The lowest BCUT2D eigenvalue weighted by Gasteiger charge is -2.35. The van der Waals surface area contributed by atoms with Crippen molar-refractivity contribution >= 4 is 35.3 Å². The van der Waals surface area contributed by atoms with E-state index in [1.165, 1.54) is 11.8 Å². The zero-order valence-electron chi connectivity index (χ0n) is 15.6. The van der Waals surface area contributed by atoms with Crippen LogP contribution in [0.4, 0.5) is 10.6 Å². The number of halogens is 1. The molecule has 1 aromatic rings.